The summed E-state index contributed by atoms with van der Waals surface area (Å²) >= 11 is 0. The zero-order chi connectivity index (χ0) is 20.3. The number of anilines is 1. The lowest BCUT2D eigenvalue weighted by molar-refractivity contribution is -0.137. The number of hydrogen-bond acceptors (Lipinski definition) is 3. The van der Waals surface area contributed by atoms with Crippen molar-refractivity contribution in [3.8, 4) is 11.6 Å². The van der Waals surface area contributed by atoms with Crippen LogP contribution in [0.5, 0.6) is 11.6 Å². The number of nitrogens with zero attached hydrogens (tertiary/aromatic N) is 1. The number of aromatic nitrogens is 1. The lowest BCUT2D eigenvalue weighted by Crippen LogP contribution is -2.14. The van der Waals surface area contributed by atoms with Crippen LogP contribution in [0.2, 0.25) is 0 Å². The zero-order valence-corrected chi connectivity index (χ0v) is 13.9. The Hall–Kier alpha value is -3.49. The Balaban J connectivity index is 1.78. The Labute approximate surface area is 155 Å². The van der Waals surface area contributed by atoms with Crippen LogP contribution < -0.4 is 10.1 Å². The maximum Gasteiger partial charge on any atom is 0.416 e. The molecule has 0 aliphatic carbocycles. The molecule has 0 atom stereocenters. The van der Waals surface area contributed by atoms with Gasteiger partial charge in [-0.05, 0) is 36.4 Å². The third-order valence-electron chi connectivity index (χ3n) is 3.46. The van der Waals surface area contributed by atoms with Crippen LogP contribution in [0.25, 0.3) is 0 Å². The predicted molar refractivity (Wildman–Crippen MR) is 90.1 cm³/mol. The first-order valence-electron chi connectivity index (χ1n) is 7.80. The summed E-state index contributed by atoms with van der Waals surface area (Å²) in [6, 6.07) is 10.7. The second kappa shape index (κ2) is 7.63. The molecule has 9 heteroatoms. The molecule has 28 heavy (non-hydrogen) atoms. The van der Waals surface area contributed by atoms with Crippen LogP contribution in [-0.4, -0.2) is 10.9 Å². The van der Waals surface area contributed by atoms with E-state index in [0.29, 0.717) is 6.07 Å². The van der Waals surface area contributed by atoms with Crippen LogP contribution in [-0.2, 0) is 6.18 Å². The van der Waals surface area contributed by atoms with Crippen LogP contribution in [0.15, 0.2) is 60.7 Å². The topological polar surface area (TPSA) is 51.2 Å². The summed E-state index contributed by atoms with van der Waals surface area (Å²) < 4.78 is 70.0. The molecule has 2 aromatic carbocycles. The summed E-state index contributed by atoms with van der Waals surface area (Å²) in [5.41, 5.74) is -1.17. The fourth-order valence-corrected chi connectivity index (χ4v) is 2.28. The number of pyridine rings is 1. The lowest BCUT2D eigenvalue weighted by Gasteiger charge is -2.10. The van der Waals surface area contributed by atoms with Gasteiger partial charge in [-0.3, -0.25) is 4.79 Å². The number of carbonyl (C=O) groups excluding carboxylic acids is 1. The van der Waals surface area contributed by atoms with Gasteiger partial charge in [-0.15, -0.1) is 0 Å². The molecule has 1 N–H and O–H groups in total. The first-order chi connectivity index (χ1) is 13.2. The smallest absolute Gasteiger partial charge is 0.416 e. The molecule has 0 bridgehead atoms. The van der Waals surface area contributed by atoms with E-state index in [1.54, 1.807) is 0 Å². The van der Waals surface area contributed by atoms with Crippen molar-refractivity contribution in [3.05, 3.63) is 83.6 Å². The van der Waals surface area contributed by atoms with E-state index >= 15 is 0 Å². The minimum atomic E-state index is -4.53. The monoisotopic (exact) mass is 394 g/mol. The molecule has 3 rings (SSSR count). The largest absolute Gasteiger partial charge is 0.439 e. The molecular weight excluding hydrogens is 383 g/mol. The molecule has 0 radical (unpaired) electrons. The summed E-state index contributed by atoms with van der Waals surface area (Å²) in [4.78, 5) is 16.1. The molecule has 1 aromatic heterocycles. The first-order valence-corrected chi connectivity index (χ1v) is 7.80. The van der Waals surface area contributed by atoms with Gasteiger partial charge < -0.3 is 10.1 Å². The van der Waals surface area contributed by atoms with Crippen LogP contribution in [0.4, 0.5) is 27.6 Å². The number of nitrogens with one attached hydrogen (secondary N) is 1. The second-order valence-corrected chi connectivity index (χ2v) is 5.60. The summed E-state index contributed by atoms with van der Waals surface area (Å²) in [6.07, 6.45) is -4.53. The van der Waals surface area contributed by atoms with Gasteiger partial charge in [0.2, 0.25) is 5.88 Å². The van der Waals surface area contributed by atoms with Gasteiger partial charge in [0.25, 0.3) is 5.91 Å². The van der Waals surface area contributed by atoms with Crippen molar-refractivity contribution >= 4 is 11.6 Å². The highest BCUT2D eigenvalue weighted by Gasteiger charge is 2.30. The third kappa shape index (κ3) is 4.81. The Morgan fingerprint density at radius 1 is 0.929 bits per heavy atom. The molecule has 1 heterocycles. The van der Waals surface area contributed by atoms with Gasteiger partial charge in [-0.1, -0.05) is 12.1 Å². The minimum Gasteiger partial charge on any atom is -0.439 e. The van der Waals surface area contributed by atoms with E-state index in [1.165, 1.54) is 30.3 Å². The van der Waals surface area contributed by atoms with Crippen LogP contribution in [0, 0.1) is 11.6 Å². The SMILES string of the molecule is O=C(Nc1cc(F)cc(F)c1)c1cccc(Oc2cccc(C(F)(F)F)c2)n1. The standard InChI is InChI=1S/C19H11F5N2O2/c20-12-8-13(21)10-14(9-12)25-18(27)16-5-2-6-17(26-16)28-15-4-1-3-11(7-15)19(22,23)24/h1-10H,(H,25,27). The van der Waals surface area contributed by atoms with Gasteiger partial charge in [0.05, 0.1) is 5.56 Å². The summed E-state index contributed by atoms with van der Waals surface area (Å²) in [5.74, 6) is -2.77. The van der Waals surface area contributed by atoms with Gasteiger partial charge in [-0.2, -0.15) is 13.2 Å². The van der Waals surface area contributed by atoms with E-state index in [0.717, 1.165) is 24.3 Å². The van der Waals surface area contributed by atoms with Crippen LogP contribution in [0.1, 0.15) is 16.1 Å². The third-order valence-corrected chi connectivity index (χ3v) is 3.46. The van der Waals surface area contributed by atoms with Gasteiger partial charge in [0, 0.05) is 17.8 Å². The molecule has 0 spiro atoms. The number of carbonyl (C=O) groups is 1. The maximum absolute atomic E-state index is 13.2. The number of hydrogen-bond donors (Lipinski definition) is 1. The molecular formula is C19H11F5N2O2. The molecule has 0 aliphatic heterocycles. The first kappa shape index (κ1) is 19.3. The molecule has 1 amide bonds. The van der Waals surface area contributed by atoms with Gasteiger partial charge in [0.1, 0.15) is 23.1 Å². The lowest BCUT2D eigenvalue weighted by atomic mass is 10.2. The van der Waals surface area contributed by atoms with E-state index in [-0.39, 0.29) is 23.0 Å². The van der Waals surface area contributed by atoms with E-state index in [4.69, 9.17) is 4.74 Å². The fourth-order valence-electron chi connectivity index (χ4n) is 2.28. The van der Waals surface area contributed by atoms with Crippen molar-refractivity contribution in [1.29, 1.82) is 0 Å². The maximum atomic E-state index is 13.2. The predicted octanol–water partition coefficient (Wildman–Crippen LogP) is 5.42. The Morgan fingerprint density at radius 2 is 1.61 bits per heavy atom. The molecule has 0 saturated heterocycles. The number of amides is 1. The average molecular weight is 394 g/mol. The van der Waals surface area contributed by atoms with Gasteiger partial charge in [0.15, 0.2) is 0 Å². The van der Waals surface area contributed by atoms with E-state index < -0.39 is 29.3 Å². The van der Waals surface area contributed by atoms with Crippen molar-refractivity contribution in [3.63, 3.8) is 0 Å². The van der Waals surface area contributed by atoms with Crippen molar-refractivity contribution < 1.29 is 31.5 Å². The minimum absolute atomic E-state index is 0.117. The highest BCUT2D eigenvalue weighted by Crippen LogP contribution is 2.32. The summed E-state index contributed by atoms with van der Waals surface area (Å²) in [6.45, 7) is 0. The average Bonchev–Trinajstić information content (AvgIpc) is 2.60. The van der Waals surface area contributed by atoms with Gasteiger partial charge in [-0.25, -0.2) is 13.8 Å². The number of ether oxygens (including phenoxy) is 1. The highest BCUT2D eigenvalue weighted by atomic mass is 19.4. The summed E-state index contributed by atoms with van der Waals surface area (Å²) in [7, 11) is 0. The molecule has 0 unspecified atom stereocenters. The molecule has 3 aromatic rings. The highest BCUT2D eigenvalue weighted by molar-refractivity contribution is 6.02. The molecule has 0 fully saturated rings. The molecule has 4 nitrogen and oxygen atoms in total. The van der Waals surface area contributed by atoms with E-state index in [9.17, 15) is 26.7 Å². The number of halogens is 5. The second-order valence-electron chi connectivity index (χ2n) is 5.60. The van der Waals surface area contributed by atoms with E-state index in [2.05, 4.69) is 10.3 Å². The van der Waals surface area contributed by atoms with E-state index in [1.807, 2.05) is 0 Å². The van der Waals surface area contributed by atoms with Crippen molar-refractivity contribution in [2.24, 2.45) is 0 Å². The number of benzene rings is 2. The fraction of sp³-hybridized carbons (Fsp3) is 0.0526. The van der Waals surface area contributed by atoms with Crippen molar-refractivity contribution in [1.82, 2.24) is 4.98 Å². The van der Waals surface area contributed by atoms with Crippen LogP contribution >= 0.6 is 0 Å². The Bertz CT molecular complexity index is 1000. The Morgan fingerprint density at radius 3 is 2.29 bits per heavy atom. The van der Waals surface area contributed by atoms with Crippen LogP contribution in [0.3, 0.4) is 0 Å². The Kier molecular flexibility index (Phi) is 5.25. The molecule has 0 aliphatic rings. The zero-order valence-electron chi connectivity index (χ0n) is 13.9. The quantitative estimate of drug-likeness (QED) is 0.601. The summed E-state index contributed by atoms with van der Waals surface area (Å²) in [5, 5.41) is 2.27. The molecule has 0 saturated carbocycles. The normalized spacial score (nSPS) is 11.2. The number of rotatable bonds is 4. The van der Waals surface area contributed by atoms with Crippen molar-refractivity contribution in [2.75, 3.05) is 5.32 Å². The molecule has 144 valence electrons. The number of alkyl halides is 3. The van der Waals surface area contributed by atoms with Crippen molar-refractivity contribution in [2.45, 2.75) is 6.18 Å². The van der Waals surface area contributed by atoms with Gasteiger partial charge >= 0.3 is 6.18 Å².